The van der Waals surface area contributed by atoms with E-state index in [9.17, 15) is 9.90 Å². The number of carbonyl (C=O) groups excluding carboxylic acids is 1. The van der Waals surface area contributed by atoms with Crippen molar-refractivity contribution >= 4 is 11.8 Å². The lowest BCUT2D eigenvalue weighted by atomic mass is 9.89. The third-order valence-electron chi connectivity index (χ3n) is 5.02. The number of rotatable bonds is 6. The van der Waals surface area contributed by atoms with Gasteiger partial charge in [-0.15, -0.1) is 0 Å². The average molecular weight is 348 g/mol. The number of hydrogen-bond donors (Lipinski definition) is 3. The number of pyridine rings is 1. The molecule has 7 nitrogen and oxygen atoms in total. The number of ether oxygens (including phenoxy) is 1. The summed E-state index contributed by atoms with van der Waals surface area (Å²) >= 11 is 0. The molecular weight excluding hydrogens is 320 g/mol. The fourth-order valence-corrected chi connectivity index (χ4v) is 3.67. The molecule has 3 rings (SSSR count). The summed E-state index contributed by atoms with van der Waals surface area (Å²) in [5.74, 6) is 0.882. The maximum Gasteiger partial charge on any atom is 0.317 e. The Bertz CT molecular complexity index is 542. The molecule has 3 atom stereocenters. The number of nitrogens with zero attached hydrogens (tertiary/aromatic N) is 2. The predicted octanol–water partition coefficient (Wildman–Crippen LogP) is 1.45. The Hall–Kier alpha value is -1.86. The monoisotopic (exact) mass is 348 g/mol. The highest BCUT2D eigenvalue weighted by Gasteiger charge is 2.39. The fraction of sp³-hybridized carbons (Fsp3) is 0.667. The minimum absolute atomic E-state index is 0.0295. The van der Waals surface area contributed by atoms with Crippen molar-refractivity contribution in [1.82, 2.24) is 15.2 Å². The highest BCUT2D eigenvalue weighted by Crippen LogP contribution is 2.29. The van der Waals surface area contributed by atoms with Crippen LogP contribution in [0.25, 0.3) is 0 Å². The van der Waals surface area contributed by atoms with Gasteiger partial charge >= 0.3 is 6.03 Å². The van der Waals surface area contributed by atoms with Crippen molar-refractivity contribution in [2.75, 3.05) is 38.2 Å². The smallest absolute Gasteiger partial charge is 0.317 e. The minimum atomic E-state index is -0.366. The second-order valence-corrected chi connectivity index (χ2v) is 6.73. The van der Waals surface area contributed by atoms with Crippen molar-refractivity contribution in [3.05, 3.63) is 24.4 Å². The van der Waals surface area contributed by atoms with Gasteiger partial charge in [0.25, 0.3) is 0 Å². The molecule has 0 bridgehead atoms. The summed E-state index contributed by atoms with van der Waals surface area (Å²) in [4.78, 5) is 18.6. The zero-order chi connectivity index (χ0) is 17.5. The van der Waals surface area contributed by atoms with Crippen LogP contribution in [0.5, 0.6) is 0 Å². The molecule has 7 heteroatoms. The maximum absolute atomic E-state index is 12.5. The van der Waals surface area contributed by atoms with Gasteiger partial charge in [-0.05, 0) is 37.8 Å². The van der Waals surface area contributed by atoms with Crippen LogP contribution in [0.15, 0.2) is 24.4 Å². The number of urea groups is 1. The number of aliphatic hydroxyl groups is 1. The van der Waals surface area contributed by atoms with Crippen molar-refractivity contribution in [2.45, 2.75) is 37.8 Å². The highest BCUT2D eigenvalue weighted by molar-refractivity contribution is 5.74. The number of aromatic nitrogens is 1. The lowest BCUT2D eigenvalue weighted by Crippen LogP contribution is -2.51. The molecule has 0 saturated carbocycles. The van der Waals surface area contributed by atoms with E-state index in [0.717, 1.165) is 38.2 Å². The second-order valence-electron chi connectivity index (χ2n) is 6.73. The van der Waals surface area contributed by atoms with Crippen molar-refractivity contribution in [1.29, 1.82) is 0 Å². The summed E-state index contributed by atoms with van der Waals surface area (Å²) in [6.45, 7) is 3.29. The van der Waals surface area contributed by atoms with Gasteiger partial charge in [0.05, 0.1) is 12.7 Å². The van der Waals surface area contributed by atoms with E-state index in [1.165, 1.54) is 0 Å². The number of amides is 2. The van der Waals surface area contributed by atoms with E-state index < -0.39 is 0 Å². The Kier molecular flexibility index (Phi) is 6.47. The average Bonchev–Trinajstić information content (AvgIpc) is 3.12. The summed E-state index contributed by atoms with van der Waals surface area (Å²) in [6.07, 6.45) is 4.81. The summed E-state index contributed by atoms with van der Waals surface area (Å²) in [5.41, 5.74) is 0. The normalized spacial score (nSPS) is 26.4. The lowest BCUT2D eigenvalue weighted by Gasteiger charge is -2.36. The third-order valence-corrected chi connectivity index (χ3v) is 5.02. The first-order chi connectivity index (χ1) is 12.3. The molecule has 1 aromatic rings. The number of anilines is 1. The first-order valence-corrected chi connectivity index (χ1v) is 9.21. The van der Waals surface area contributed by atoms with Gasteiger partial charge in [-0.3, -0.25) is 0 Å². The lowest BCUT2D eigenvalue weighted by molar-refractivity contribution is -0.0576. The van der Waals surface area contributed by atoms with Gasteiger partial charge in [-0.2, -0.15) is 0 Å². The van der Waals surface area contributed by atoms with Crippen LogP contribution in [0.2, 0.25) is 0 Å². The molecular formula is C18H28N4O3. The van der Waals surface area contributed by atoms with Gasteiger partial charge in [-0.1, -0.05) is 6.07 Å². The molecule has 3 N–H and O–H groups in total. The minimum Gasteiger partial charge on any atom is -0.393 e. The van der Waals surface area contributed by atoms with Crippen LogP contribution in [0.1, 0.15) is 25.7 Å². The first-order valence-electron chi connectivity index (χ1n) is 9.21. The van der Waals surface area contributed by atoms with Crippen LogP contribution in [-0.2, 0) is 4.74 Å². The van der Waals surface area contributed by atoms with Crippen molar-refractivity contribution in [2.24, 2.45) is 5.92 Å². The molecule has 2 aliphatic rings. The molecule has 2 amide bonds. The Morgan fingerprint density at radius 3 is 3.08 bits per heavy atom. The van der Waals surface area contributed by atoms with Gasteiger partial charge in [-0.25, -0.2) is 9.78 Å². The molecule has 0 spiro atoms. The summed E-state index contributed by atoms with van der Waals surface area (Å²) < 4.78 is 5.52. The maximum atomic E-state index is 12.5. The van der Waals surface area contributed by atoms with E-state index in [1.807, 2.05) is 23.1 Å². The summed E-state index contributed by atoms with van der Waals surface area (Å²) in [7, 11) is 0. The molecule has 2 saturated heterocycles. The quantitative estimate of drug-likeness (QED) is 0.678. The van der Waals surface area contributed by atoms with Gasteiger partial charge in [0, 0.05) is 44.4 Å². The summed E-state index contributed by atoms with van der Waals surface area (Å²) in [6, 6.07) is 5.80. The van der Waals surface area contributed by atoms with Crippen molar-refractivity contribution in [3.63, 3.8) is 0 Å². The van der Waals surface area contributed by atoms with E-state index >= 15 is 0 Å². The van der Waals surface area contributed by atoms with Crippen LogP contribution in [0, 0.1) is 5.92 Å². The number of likely N-dealkylation sites (tertiary alicyclic amines) is 1. The number of hydrogen-bond acceptors (Lipinski definition) is 5. The number of nitrogens with one attached hydrogen (secondary N) is 2. The third kappa shape index (κ3) is 4.83. The van der Waals surface area contributed by atoms with Crippen LogP contribution in [0.3, 0.4) is 0 Å². The molecule has 1 aromatic heterocycles. The molecule has 0 radical (unpaired) electrons. The Morgan fingerprint density at radius 1 is 1.36 bits per heavy atom. The van der Waals surface area contributed by atoms with Gasteiger partial charge in [0.1, 0.15) is 5.82 Å². The van der Waals surface area contributed by atoms with Crippen LogP contribution in [0.4, 0.5) is 10.6 Å². The Labute approximate surface area is 148 Å². The Balaban J connectivity index is 1.39. The second kappa shape index (κ2) is 9.01. The van der Waals surface area contributed by atoms with Gasteiger partial charge in [0.2, 0.25) is 0 Å². The SMILES string of the molecule is O=C(NCCCNc1ccccn1)N1CCC[C@@H]1[C@H]1COCC[C@H]1O. The van der Waals surface area contributed by atoms with E-state index in [-0.39, 0.29) is 24.1 Å². The zero-order valence-corrected chi connectivity index (χ0v) is 14.6. The molecule has 3 heterocycles. The number of carbonyl (C=O) groups is 1. The molecule has 138 valence electrons. The molecule has 25 heavy (non-hydrogen) atoms. The molecule has 0 unspecified atom stereocenters. The van der Waals surface area contributed by atoms with E-state index in [2.05, 4.69) is 15.6 Å². The van der Waals surface area contributed by atoms with Gasteiger partial charge in [0.15, 0.2) is 0 Å². The molecule has 2 aliphatic heterocycles. The van der Waals surface area contributed by atoms with E-state index in [1.54, 1.807) is 6.20 Å². The molecule has 2 fully saturated rings. The first kappa shape index (κ1) is 17.9. The van der Waals surface area contributed by atoms with Gasteiger partial charge < -0.3 is 25.4 Å². The standard InChI is InChI=1S/C18H28N4O3/c23-16-7-12-25-13-14(16)15-5-3-11-22(15)18(24)21-10-4-9-20-17-6-1-2-8-19-17/h1-2,6,8,14-16,23H,3-5,7,9-13H2,(H,19,20)(H,21,24)/t14-,15-,16-/m1/s1. The predicted molar refractivity (Wildman–Crippen MR) is 95.4 cm³/mol. The molecule has 0 aliphatic carbocycles. The zero-order valence-electron chi connectivity index (χ0n) is 14.6. The van der Waals surface area contributed by atoms with Crippen LogP contribution < -0.4 is 10.6 Å². The highest BCUT2D eigenvalue weighted by atomic mass is 16.5. The topological polar surface area (TPSA) is 86.7 Å². The van der Waals surface area contributed by atoms with Crippen molar-refractivity contribution in [3.8, 4) is 0 Å². The van der Waals surface area contributed by atoms with Crippen LogP contribution >= 0.6 is 0 Å². The fourth-order valence-electron chi connectivity index (χ4n) is 3.67. The Morgan fingerprint density at radius 2 is 2.28 bits per heavy atom. The van der Waals surface area contributed by atoms with Crippen LogP contribution in [-0.4, -0.2) is 66.0 Å². The molecule has 0 aromatic carbocycles. The van der Waals surface area contributed by atoms with E-state index in [0.29, 0.717) is 26.2 Å². The number of aliphatic hydroxyl groups excluding tert-OH is 1. The van der Waals surface area contributed by atoms with E-state index in [4.69, 9.17) is 4.74 Å². The largest absolute Gasteiger partial charge is 0.393 e. The van der Waals surface area contributed by atoms with Crippen molar-refractivity contribution < 1.29 is 14.6 Å². The summed E-state index contributed by atoms with van der Waals surface area (Å²) in [5, 5.41) is 16.5.